The van der Waals surface area contributed by atoms with Crippen LogP contribution >= 0.6 is 0 Å². The van der Waals surface area contributed by atoms with E-state index in [-0.39, 0.29) is 16.7 Å². The molecule has 2 aromatic carbocycles. The summed E-state index contributed by atoms with van der Waals surface area (Å²) in [6.45, 7) is 3.70. The minimum Gasteiger partial charge on any atom is -0.494 e. The van der Waals surface area contributed by atoms with Crippen molar-refractivity contribution in [1.29, 1.82) is 0 Å². The Morgan fingerprint density at radius 1 is 1.14 bits per heavy atom. The molecule has 152 valence electrons. The van der Waals surface area contributed by atoms with E-state index in [9.17, 15) is 13.2 Å². The number of hydrogen-bond donors (Lipinski definition) is 1. The number of likely N-dealkylation sites (tertiary alicyclic amines) is 1. The molecular weight excluding hydrogens is 390 g/mol. The second kappa shape index (κ2) is 7.87. The third-order valence-electron chi connectivity index (χ3n) is 5.21. The van der Waals surface area contributed by atoms with Gasteiger partial charge in [0.2, 0.25) is 5.91 Å². The fourth-order valence-electron chi connectivity index (χ4n) is 3.72. The molecule has 4 rings (SSSR count). The third-order valence-corrected chi connectivity index (χ3v) is 6.54. The average Bonchev–Trinajstić information content (AvgIpc) is 3.01. The Hall–Kier alpha value is -2.87. The number of nitrogens with one attached hydrogen (secondary N) is 1. The van der Waals surface area contributed by atoms with Crippen molar-refractivity contribution >= 4 is 27.5 Å². The van der Waals surface area contributed by atoms with E-state index >= 15 is 0 Å². The van der Waals surface area contributed by atoms with Gasteiger partial charge in [0.25, 0.3) is 10.0 Å². The van der Waals surface area contributed by atoms with Crippen molar-refractivity contribution in [2.24, 2.45) is 10.3 Å². The van der Waals surface area contributed by atoms with Crippen molar-refractivity contribution in [1.82, 2.24) is 4.90 Å². The maximum Gasteiger partial charge on any atom is 0.285 e. The molecule has 0 aromatic heterocycles. The van der Waals surface area contributed by atoms with Crippen molar-refractivity contribution in [2.75, 3.05) is 25.0 Å². The number of carbonyl (C=O) groups excluding carboxylic acids is 1. The van der Waals surface area contributed by atoms with Crippen LogP contribution in [0.5, 0.6) is 5.75 Å². The van der Waals surface area contributed by atoms with E-state index in [0.29, 0.717) is 43.9 Å². The Kier molecular flexibility index (Phi) is 5.27. The number of nitrogens with zero attached hydrogens (tertiary/aromatic N) is 2. The van der Waals surface area contributed by atoms with Crippen LogP contribution in [0.25, 0.3) is 0 Å². The molecule has 2 aromatic rings. The van der Waals surface area contributed by atoms with Crippen molar-refractivity contribution in [3.63, 3.8) is 0 Å². The summed E-state index contributed by atoms with van der Waals surface area (Å²) in [5.41, 5.74) is 1.38. The fourth-order valence-corrected chi connectivity index (χ4v) is 4.94. The van der Waals surface area contributed by atoms with Gasteiger partial charge in [-0.15, -0.1) is 4.40 Å². The van der Waals surface area contributed by atoms with E-state index in [1.165, 1.54) is 0 Å². The van der Waals surface area contributed by atoms with Crippen LogP contribution in [0.3, 0.4) is 0 Å². The highest BCUT2D eigenvalue weighted by Gasteiger charge is 2.34. The molecule has 0 aliphatic carbocycles. The molecule has 1 fully saturated rings. The average molecular weight is 413 g/mol. The Labute approximate surface area is 170 Å². The summed E-state index contributed by atoms with van der Waals surface area (Å²) in [6.07, 6.45) is 1.29. The molecule has 7 nitrogen and oxygen atoms in total. The number of piperidine rings is 1. The van der Waals surface area contributed by atoms with Crippen LogP contribution < -0.4 is 10.1 Å². The zero-order valence-electron chi connectivity index (χ0n) is 16.2. The molecule has 0 bridgehead atoms. The monoisotopic (exact) mass is 413 g/mol. The van der Waals surface area contributed by atoms with Gasteiger partial charge in [0.05, 0.1) is 6.61 Å². The lowest BCUT2D eigenvalue weighted by Gasteiger charge is -2.32. The molecule has 0 spiro atoms. The maximum absolute atomic E-state index is 12.6. The Balaban J connectivity index is 1.38. The Morgan fingerprint density at radius 2 is 1.83 bits per heavy atom. The predicted octanol–water partition coefficient (Wildman–Crippen LogP) is 2.88. The van der Waals surface area contributed by atoms with Crippen molar-refractivity contribution in [2.45, 2.75) is 24.7 Å². The zero-order valence-corrected chi connectivity index (χ0v) is 17.0. The number of sulfonamides is 1. The van der Waals surface area contributed by atoms with Crippen LogP contribution in [-0.4, -0.2) is 44.8 Å². The van der Waals surface area contributed by atoms with Crippen LogP contribution in [-0.2, 0) is 14.8 Å². The lowest BCUT2D eigenvalue weighted by atomic mass is 9.95. The van der Waals surface area contributed by atoms with E-state index in [4.69, 9.17) is 4.74 Å². The molecule has 2 heterocycles. The Morgan fingerprint density at radius 3 is 2.52 bits per heavy atom. The highest BCUT2D eigenvalue weighted by Crippen LogP contribution is 2.30. The summed E-state index contributed by atoms with van der Waals surface area (Å²) in [4.78, 5) is 14.8. The van der Waals surface area contributed by atoms with Crippen molar-refractivity contribution < 1.29 is 17.9 Å². The molecule has 2 aliphatic heterocycles. The van der Waals surface area contributed by atoms with Gasteiger partial charge in [-0.1, -0.05) is 12.1 Å². The highest BCUT2D eigenvalue weighted by molar-refractivity contribution is 7.90. The molecule has 0 unspecified atom stereocenters. The molecule has 1 N–H and O–H groups in total. The van der Waals surface area contributed by atoms with Crippen molar-refractivity contribution in [3.05, 3.63) is 54.1 Å². The first-order valence-electron chi connectivity index (χ1n) is 9.71. The first-order valence-corrected chi connectivity index (χ1v) is 11.1. The minimum atomic E-state index is -3.63. The lowest BCUT2D eigenvalue weighted by Crippen LogP contribution is -2.41. The molecule has 29 heavy (non-hydrogen) atoms. The number of fused-ring (bicyclic) bond motifs is 1. The zero-order chi connectivity index (χ0) is 20.4. The minimum absolute atomic E-state index is 0.0183. The number of amidine groups is 1. The van der Waals surface area contributed by atoms with Gasteiger partial charge in [0, 0.05) is 30.3 Å². The van der Waals surface area contributed by atoms with E-state index < -0.39 is 10.0 Å². The van der Waals surface area contributed by atoms with Gasteiger partial charge in [-0.3, -0.25) is 4.79 Å². The molecule has 0 radical (unpaired) electrons. The van der Waals surface area contributed by atoms with Gasteiger partial charge in [-0.25, -0.2) is 0 Å². The second-order valence-electron chi connectivity index (χ2n) is 7.09. The maximum atomic E-state index is 12.6. The van der Waals surface area contributed by atoms with Crippen LogP contribution in [0, 0.1) is 5.92 Å². The number of anilines is 1. The van der Waals surface area contributed by atoms with E-state index in [1.807, 2.05) is 42.2 Å². The van der Waals surface area contributed by atoms with Crippen LogP contribution in [0.1, 0.15) is 25.3 Å². The fraction of sp³-hybridized carbons (Fsp3) is 0.333. The molecule has 0 saturated carbocycles. The number of ether oxygens (including phenoxy) is 1. The van der Waals surface area contributed by atoms with Gasteiger partial charge in [-0.05, 0) is 56.2 Å². The molecule has 1 saturated heterocycles. The van der Waals surface area contributed by atoms with Crippen LogP contribution in [0.15, 0.2) is 57.8 Å². The smallest absolute Gasteiger partial charge is 0.285 e. The summed E-state index contributed by atoms with van der Waals surface area (Å²) in [6, 6.07) is 14.2. The highest BCUT2D eigenvalue weighted by atomic mass is 32.2. The number of rotatable bonds is 4. The van der Waals surface area contributed by atoms with E-state index in [0.717, 1.165) is 11.4 Å². The number of carbonyl (C=O) groups is 1. The predicted molar refractivity (Wildman–Crippen MR) is 111 cm³/mol. The quantitative estimate of drug-likeness (QED) is 0.833. The third kappa shape index (κ3) is 3.98. The molecule has 8 heteroatoms. The molecule has 2 aliphatic rings. The lowest BCUT2D eigenvalue weighted by molar-refractivity contribution is -0.120. The molecule has 0 atom stereocenters. The molecular formula is C21H23N3O4S. The van der Waals surface area contributed by atoms with Gasteiger partial charge in [0.15, 0.2) is 5.84 Å². The second-order valence-corrected chi connectivity index (χ2v) is 8.67. The van der Waals surface area contributed by atoms with Gasteiger partial charge >= 0.3 is 0 Å². The summed E-state index contributed by atoms with van der Waals surface area (Å²) in [5, 5.41) is 2.95. The number of amides is 1. The van der Waals surface area contributed by atoms with Crippen LogP contribution in [0.4, 0.5) is 5.69 Å². The first-order chi connectivity index (χ1) is 14.0. The van der Waals surface area contributed by atoms with E-state index in [2.05, 4.69) is 9.71 Å². The Bertz CT molecular complexity index is 1040. The van der Waals surface area contributed by atoms with Crippen LogP contribution in [0.2, 0.25) is 0 Å². The number of benzene rings is 2. The largest absolute Gasteiger partial charge is 0.494 e. The standard InChI is InChI=1S/C21H23N3O4S/c1-2-28-17-9-7-16(8-10-17)22-21(25)15-11-13-24(14-12-15)20-18-5-3-4-6-19(18)29(26,27)23-20/h3-10,15H,2,11-14H2,1H3,(H,22,25). The van der Waals surface area contributed by atoms with Gasteiger partial charge in [0.1, 0.15) is 10.6 Å². The summed E-state index contributed by atoms with van der Waals surface area (Å²) in [5.74, 6) is 1.12. The van der Waals surface area contributed by atoms with Crippen molar-refractivity contribution in [3.8, 4) is 5.75 Å². The summed E-state index contributed by atoms with van der Waals surface area (Å²) < 4.78 is 33.9. The topological polar surface area (TPSA) is 88.1 Å². The molecule has 1 amide bonds. The summed E-state index contributed by atoms with van der Waals surface area (Å²) >= 11 is 0. The summed E-state index contributed by atoms with van der Waals surface area (Å²) in [7, 11) is -3.63. The first kappa shape index (κ1) is 19.4. The number of hydrogen-bond acceptors (Lipinski definition) is 5. The van der Waals surface area contributed by atoms with Gasteiger partial charge < -0.3 is 15.0 Å². The van der Waals surface area contributed by atoms with Gasteiger partial charge in [-0.2, -0.15) is 8.42 Å². The SMILES string of the molecule is CCOc1ccc(NC(=O)C2CCN(C3=NS(=O)(=O)c4ccccc43)CC2)cc1. The normalized spacial score (nSPS) is 18.1. The van der Waals surface area contributed by atoms with E-state index in [1.54, 1.807) is 18.2 Å².